The third-order valence-electron chi connectivity index (χ3n) is 3.78. The van der Waals surface area contributed by atoms with E-state index in [0.717, 1.165) is 0 Å². The maximum absolute atomic E-state index is 12.3. The quantitative estimate of drug-likeness (QED) is 0.926. The smallest absolute Gasteiger partial charge is 0.287 e. The van der Waals surface area contributed by atoms with Crippen LogP contribution >= 0.6 is 0 Å². The van der Waals surface area contributed by atoms with Crippen molar-refractivity contribution in [3.05, 3.63) is 22.6 Å². The summed E-state index contributed by atoms with van der Waals surface area (Å²) in [4.78, 5) is 24.5. The minimum Gasteiger partial charge on any atom is -0.455 e. The van der Waals surface area contributed by atoms with Gasteiger partial charge in [-0.15, -0.1) is 0 Å². The third-order valence-corrected chi connectivity index (χ3v) is 3.78. The molecule has 5 heteroatoms. The highest BCUT2D eigenvalue weighted by atomic mass is 16.5. The zero-order chi connectivity index (χ0) is 15.8. The van der Waals surface area contributed by atoms with Crippen LogP contribution in [-0.2, 0) is 11.2 Å². The molecule has 1 aromatic heterocycles. The fraction of sp³-hybridized carbons (Fsp3) is 0.625. The molecule has 1 amide bonds. The van der Waals surface area contributed by atoms with Crippen molar-refractivity contribution in [1.29, 1.82) is 0 Å². The molecule has 0 fully saturated rings. The summed E-state index contributed by atoms with van der Waals surface area (Å²) in [7, 11) is 1.58. The van der Waals surface area contributed by atoms with Gasteiger partial charge in [-0.3, -0.25) is 9.59 Å². The predicted molar refractivity (Wildman–Crippen MR) is 78.7 cm³/mol. The Morgan fingerprint density at radius 2 is 2.10 bits per heavy atom. The van der Waals surface area contributed by atoms with Gasteiger partial charge in [0.2, 0.25) is 0 Å². The van der Waals surface area contributed by atoms with Gasteiger partial charge in [0.25, 0.3) is 5.91 Å². The summed E-state index contributed by atoms with van der Waals surface area (Å²) in [6.45, 7) is 8.12. The van der Waals surface area contributed by atoms with Crippen LogP contribution in [0.25, 0.3) is 0 Å². The van der Waals surface area contributed by atoms with Gasteiger partial charge in [0, 0.05) is 31.6 Å². The number of carbonyl (C=O) groups is 2. The van der Waals surface area contributed by atoms with Crippen LogP contribution in [0.1, 0.15) is 59.4 Å². The topological polar surface area (TPSA) is 68.5 Å². The molecular weight excluding hydrogens is 270 g/mol. The minimum absolute atomic E-state index is 0.0616. The molecule has 0 aromatic carbocycles. The van der Waals surface area contributed by atoms with Crippen molar-refractivity contribution < 1.29 is 18.7 Å². The van der Waals surface area contributed by atoms with Gasteiger partial charge in [0.1, 0.15) is 5.76 Å². The van der Waals surface area contributed by atoms with Crippen molar-refractivity contribution in [2.75, 3.05) is 13.7 Å². The Hall–Kier alpha value is -1.62. The number of ether oxygens (including phenoxy) is 1. The summed E-state index contributed by atoms with van der Waals surface area (Å²) in [5, 5.41) is 2.81. The highest BCUT2D eigenvalue weighted by Gasteiger charge is 2.37. The number of hydrogen-bond acceptors (Lipinski definition) is 4. The van der Waals surface area contributed by atoms with Crippen molar-refractivity contribution in [3.63, 3.8) is 0 Å². The van der Waals surface area contributed by atoms with E-state index in [9.17, 15) is 9.59 Å². The lowest BCUT2D eigenvalue weighted by Crippen LogP contribution is -2.35. The third kappa shape index (κ3) is 3.18. The Morgan fingerprint density at radius 3 is 2.71 bits per heavy atom. The molecule has 0 saturated heterocycles. The SMILES string of the molecule is COC[C@H](C)NC(=O)c1oc2c(c1C)C(=O)CC(C)(C)C2. The van der Waals surface area contributed by atoms with E-state index in [1.807, 2.05) is 20.8 Å². The summed E-state index contributed by atoms with van der Waals surface area (Å²) in [6, 6.07) is -0.115. The maximum atomic E-state index is 12.3. The number of amides is 1. The zero-order valence-corrected chi connectivity index (χ0v) is 13.3. The maximum Gasteiger partial charge on any atom is 0.287 e. The molecule has 2 rings (SSSR count). The Morgan fingerprint density at radius 1 is 1.43 bits per heavy atom. The summed E-state index contributed by atoms with van der Waals surface area (Å²) < 4.78 is 10.7. The first-order valence-electron chi connectivity index (χ1n) is 7.20. The number of carbonyl (C=O) groups excluding carboxylic acids is 2. The van der Waals surface area contributed by atoms with Gasteiger partial charge >= 0.3 is 0 Å². The van der Waals surface area contributed by atoms with Crippen molar-refractivity contribution >= 4 is 11.7 Å². The number of Topliss-reactive ketones (excluding diaryl/α,β-unsaturated/α-hetero) is 1. The van der Waals surface area contributed by atoms with E-state index in [-0.39, 0.29) is 28.9 Å². The van der Waals surface area contributed by atoms with E-state index in [2.05, 4.69) is 5.32 Å². The highest BCUT2D eigenvalue weighted by molar-refractivity contribution is 6.03. The van der Waals surface area contributed by atoms with E-state index in [4.69, 9.17) is 9.15 Å². The Balaban J connectivity index is 2.28. The molecule has 21 heavy (non-hydrogen) atoms. The molecule has 116 valence electrons. The van der Waals surface area contributed by atoms with Crippen molar-refractivity contribution in [2.45, 2.75) is 46.6 Å². The molecule has 0 saturated carbocycles. The average Bonchev–Trinajstić information content (AvgIpc) is 2.64. The number of furan rings is 1. The molecular formula is C16H23NO4. The van der Waals surface area contributed by atoms with Crippen LogP contribution in [0.15, 0.2) is 4.42 Å². The molecule has 1 aromatic rings. The molecule has 1 aliphatic rings. The Labute approximate surface area is 125 Å². The zero-order valence-electron chi connectivity index (χ0n) is 13.3. The second-order valence-corrected chi connectivity index (χ2v) is 6.63. The van der Waals surface area contributed by atoms with Gasteiger partial charge in [-0.2, -0.15) is 0 Å². The van der Waals surface area contributed by atoms with Crippen LogP contribution in [0.3, 0.4) is 0 Å². The summed E-state index contributed by atoms with van der Waals surface area (Å²) >= 11 is 0. The standard InChI is InChI=1S/C16H23NO4/c1-9(8-20-5)17-15(19)14-10(2)13-11(18)6-16(3,4)7-12(13)21-14/h9H,6-8H2,1-5H3,(H,17,19)/t9-/m0/s1. The van der Waals surface area contributed by atoms with Crippen LogP contribution in [-0.4, -0.2) is 31.4 Å². The lowest BCUT2D eigenvalue weighted by Gasteiger charge is -2.27. The van der Waals surface area contributed by atoms with E-state index in [1.54, 1.807) is 14.0 Å². The highest BCUT2D eigenvalue weighted by Crippen LogP contribution is 2.38. The number of rotatable bonds is 4. The van der Waals surface area contributed by atoms with Crippen LogP contribution < -0.4 is 5.32 Å². The first-order chi connectivity index (χ1) is 9.75. The van der Waals surface area contributed by atoms with Crippen molar-refractivity contribution in [2.24, 2.45) is 5.41 Å². The lowest BCUT2D eigenvalue weighted by atomic mass is 9.76. The molecule has 1 atom stereocenters. The fourth-order valence-electron chi connectivity index (χ4n) is 2.88. The summed E-state index contributed by atoms with van der Waals surface area (Å²) in [5.41, 5.74) is 1.12. The fourth-order valence-corrected chi connectivity index (χ4v) is 2.88. The first-order valence-corrected chi connectivity index (χ1v) is 7.20. The lowest BCUT2D eigenvalue weighted by molar-refractivity contribution is 0.0863. The molecule has 5 nitrogen and oxygen atoms in total. The minimum atomic E-state index is -0.294. The van der Waals surface area contributed by atoms with Gasteiger partial charge in [0.05, 0.1) is 12.2 Å². The van der Waals surface area contributed by atoms with Crippen LogP contribution in [0.2, 0.25) is 0 Å². The van der Waals surface area contributed by atoms with Gasteiger partial charge in [-0.05, 0) is 19.3 Å². The Kier molecular flexibility index (Phi) is 4.23. The van der Waals surface area contributed by atoms with E-state index in [1.165, 1.54) is 0 Å². The number of fused-ring (bicyclic) bond motifs is 1. The van der Waals surface area contributed by atoms with Gasteiger partial charge in [-0.25, -0.2) is 0 Å². The largest absolute Gasteiger partial charge is 0.455 e. The van der Waals surface area contributed by atoms with E-state index in [0.29, 0.717) is 36.3 Å². The van der Waals surface area contributed by atoms with Crippen molar-refractivity contribution in [3.8, 4) is 0 Å². The molecule has 0 radical (unpaired) electrons. The molecule has 0 unspecified atom stereocenters. The van der Waals surface area contributed by atoms with Crippen LogP contribution in [0.5, 0.6) is 0 Å². The van der Waals surface area contributed by atoms with Gasteiger partial charge in [-0.1, -0.05) is 13.8 Å². The normalized spacial score (nSPS) is 18.2. The molecule has 0 spiro atoms. The van der Waals surface area contributed by atoms with Crippen LogP contribution in [0, 0.1) is 12.3 Å². The number of nitrogens with one attached hydrogen (secondary N) is 1. The van der Waals surface area contributed by atoms with Gasteiger partial charge in [0.15, 0.2) is 11.5 Å². The molecule has 0 aliphatic heterocycles. The van der Waals surface area contributed by atoms with Gasteiger partial charge < -0.3 is 14.5 Å². The second kappa shape index (κ2) is 5.64. The molecule has 0 bridgehead atoms. The number of ketones is 1. The van der Waals surface area contributed by atoms with Crippen molar-refractivity contribution in [1.82, 2.24) is 5.32 Å². The summed E-state index contributed by atoms with van der Waals surface area (Å²) in [6.07, 6.45) is 1.16. The van der Waals surface area contributed by atoms with Crippen LogP contribution in [0.4, 0.5) is 0 Å². The monoisotopic (exact) mass is 293 g/mol. The number of hydrogen-bond donors (Lipinski definition) is 1. The second-order valence-electron chi connectivity index (χ2n) is 6.63. The number of methoxy groups -OCH3 is 1. The summed E-state index contributed by atoms with van der Waals surface area (Å²) in [5.74, 6) is 0.649. The predicted octanol–water partition coefficient (Wildman–Crippen LogP) is 2.51. The molecule has 1 aliphatic carbocycles. The Bertz CT molecular complexity index is 571. The molecule has 1 N–H and O–H groups in total. The average molecular weight is 293 g/mol. The van der Waals surface area contributed by atoms with E-state index >= 15 is 0 Å². The van der Waals surface area contributed by atoms with E-state index < -0.39 is 0 Å². The molecule has 1 heterocycles. The first kappa shape index (κ1) is 15.8.